The van der Waals surface area contributed by atoms with Crippen molar-refractivity contribution in [1.82, 2.24) is 9.80 Å². The molecule has 4 unspecified atom stereocenters. The van der Waals surface area contributed by atoms with E-state index in [0.29, 0.717) is 49.5 Å². The van der Waals surface area contributed by atoms with Gasteiger partial charge in [0.15, 0.2) is 0 Å². The highest BCUT2D eigenvalue weighted by Gasteiger charge is 2.39. The monoisotopic (exact) mass is 965 g/mol. The summed E-state index contributed by atoms with van der Waals surface area (Å²) in [6.45, 7) is 14.1. The minimum atomic E-state index is -0.603. The number of phenolic OH excluding ortho intramolecular Hbond substituents is 2. The van der Waals surface area contributed by atoms with Crippen molar-refractivity contribution < 1.29 is 29.3 Å². The second-order valence-corrected chi connectivity index (χ2v) is 23.1. The summed E-state index contributed by atoms with van der Waals surface area (Å²) in [5.74, 6) is 1.92. The van der Waals surface area contributed by atoms with E-state index in [1.54, 1.807) is 0 Å². The van der Waals surface area contributed by atoms with Crippen molar-refractivity contribution >= 4 is 12.2 Å². The van der Waals surface area contributed by atoms with Gasteiger partial charge in [0.05, 0.1) is 0 Å². The maximum Gasteiger partial charge on any atom is 0.410 e. The third-order valence-corrected chi connectivity index (χ3v) is 16.1. The van der Waals surface area contributed by atoms with Crippen LogP contribution in [0.1, 0.15) is 176 Å². The number of carbonyl (C=O) groups is 2. The van der Waals surface area contributed by atoms with E-state index in [2.05, 4.69) is 115 Å². The summed E-state index contributed by atoms with van der Waals surface area (Å²) in [7, 11) is 0. The molecule has 6 aromatic carbocycles. The lowest BCUT2D eigenvalue weighted by Gasteiger charge is -2.40. The molecule has 2 aliphatic carbocycles. The molecule has 0 radical (unpaired) electrons. The molecular formula is C64H72N2O6. The first-order chi connectivity index (χ1) is 34.5. The Morgan fingerprint density at radius 3 is 1.43 bits per heavy atom. The van der Waals surface area contributed by atoms with E-state index in [0.717, 1.165) is 44.9 Å². The summed E-state index contributed by atoms with van der Waals surface area (Å²) in [6, 6.07) is 50.5. The Hall–Kier alpha value is -6.54. The van der Waals surface area contributed by atoms with Crippen LogP contribution in [-0.2, 0) is 22.3 Å². The van der Waals surface area contributed by atoms with E-state index in [1.165, 1.54) is 61.2 Å². The number of nitrogens with zero attached hydrogens (tertiary/aromatic N) is 2. The molecule has 0 saturated carbocycles. The first-order valence-corrected chi connectivity index (χ1v) is 26.5. The second kappa shape index (κ2) is 20.2. The van der Waals surface area contributed by atoms with Gasteiger partial charge in [0, 0.05) is 43.9 Å². The van der Waals surface area contributed by atoms with Crippen molar-refractivity contribution in [2.24, 2.45) is 0 Å². The molecule has 6 aromatic rings. The Morgan fingerprint density at radius 1 is 0.444 bits per heavy atom. The summed E-state index contributed by atoms with van der Waals surface area (Å²) < 4.78 is 11.7. The fraction of sp³-hybridized carbons (Fsp3) is 0.406. The van der Waals surface area contributed by atoms with Crippen LogP contribution in [0.2, 0.25) is 0 Å². The van der Waals surface area contributed by atoms with Crippen LogP contribution >= 0.6 is 0 Å². The Kier molecular flexibility index (Phi) is 13.7. The largest absolute Gasteiger partial charge is 0.508 e. The van der Waals surface area contributed by atoms with Crippen LogP contribution in [0.4, 0.5) is 9.59 Å². The number of fused-ring (bicyclic) bond motifs is 2. The van der Waals surface area contributed by atoms with Crippen molar-refractivity contribution in [3.8, 4) is 11.5 Å². The van der Waals surface area contributed by atoms with E-state index < -0.39 is 11.2 Å². The average molecular weight is 965 g/mol. The van der Waals surface area contributed by atoms with Gasteiger partial charge in [-0.15, -0.1) is 0 Å². The topological polar surface area (TPSA) is 99.5 Å². The number of amides is 2. The molecule has 2 fully saturated rings. The SMILES string of the molecule is CC(C)(C)OC(=O)N1CCC(c2ccc(C3c4ccc(O)cc4CCC3c3cccc(C4CN(C(=O)OC(C)(C)C)CCC4c4ccc([C@@H]5c6ccc(O)cc6CC[C@@H]5c5ccccc5)cc4)c3)cc2)CC1. The van der Waals surface area contributed by atoms with Crippen molar-refractivity contribution in [3.63, 3.8) is 0 Å². The predicted molar refractivity (Wildman–Crippen MR) is 285 cm³/mol. The van der Waals surface area contributed by atoms with Gasteiger partial charge < -0.3 is 29.5 Å². The van der Waals surface area contributed by atoms with Gasteiger partial charge in [0.25, 0.3) is 0 Å². The molecule has 2 aliphatic heterocycles. The maximum atomic E-state index is 13.8. The van der Waals surface area contributed by atoms with Crippen LogP contribution < -0.4 is 0 Å². The van der Waals surface area contributed by atoms with Crippen molar-refractivity contribution in [1.29, 1.82) is 0 Å². The van der Waals surface area contributed by atoms with Crippen LogP contribution in [0.15, 0.2) is 140 Å². The van der Waals surface area contributed by atoms with Gasteiger partial charge in [0.1, 0.15) is 22.7 Å². The first-order valence-electron chi connectivity index (χ1n) is 26.5. The van der Waals surface area contributed by atoms with Gasteiger partial charge in [-0.05, 0) is 196 Å². The van der Waals surface area contributed by atoms with E-state index in [1.807, 2.05) is 75.6 Å². The highest BCUT2D eigenvalue weighted by atomic mass is 16.6. The normalized spacial score (nSPS) is 22.6. The highest BCUT2D eigenvalue weighted by molar-refractivity contribution is 5.69. The number of ether oxygens (including phenoxy) is 2. The van der Waals surface area contributed by atoms with E-state index in [-0.39, 0.29) is 41.8 Å². The van der Waals surface area contributed by atoms with Gasteiger partial charge in [-0.1, -0.05) is 115 Å². The number of carbonyl (C=O) groups excluding carboxylic acids is 2. The molecule has 2 heterocycles. The Labute approximate surface area is 427 Å². The standard InChI is InChI=1S/C64H72N2O6/c1-63(2,3)71-61(69)65-34-31-42(32-35-65)41-15-19-45(20-16-41)60-55(28-24-50-39-52(68)26-30-57(50)60)47-13-10-14-48(37-47)58-40-66(62(70)72-64(4,5)6)36-33-53(58)44-17-21-46(22-18-44)59-54(43-11-8-7-9-12-43)27-23-49-38-51(67)25-29-56(49)59/h7-22,25-26,29-30,37-39,42,53-55,58-60,67-68H,23-24,27-28,31-36,40H2,1-6H3/t53?,54-,55?,58?,59+,60?/m1/s1. The molecule has 2 N–H and O–H groups in total. The van der Waals surface area contributed by atoms with Crippen LogP contribution in [0.5, 0.6) is 11.5 Å². The lowest BCUT2D eigenvalue weighted by molar-refractivity contribution is 0.0179. The highest BCUT2D eigenvalue weighted by Crippen LogP contribution is 2.50. The third-order valence-electron chi connectivity index (χ3n) is 16.1. The zero-order chi connectivity index (χ0) is 50.3. The molecule has 0 spiro atoms. The molecule has 72 heavy (non-hydrogen) atoms. The lowest BCUT2D eigenvalue weighted by atomic mass is 9.68. The number of hydrogen-bond acceptors (Lipinski definition) is 6. The maximum absolute atomic E-state index is 13.8. The molecule has 0 bridgehead atoms. The summed E-state index contributed by atoms with van der Waals surface area (Å²) in [6.07, 6.45) is 5.84. The van der Waals surface area contributed by atoms with Crippen LogP contribution in [0.3, 0.4) is 0 Å². The number of benzene rings is 6. The molecule has 374 valence electrons. The van der Waals surface area contributed by atoms with Gasteiger partial charge in [0.2, 0.25) is 0 Å². The average Bonchev–Trinajstić information content (AvgIpc) is 3.37. The van der Waals surface area contributed by atoms with E-state index in [4.69, 9.17) is 9.47 Å². The first kappa shape index (κ1) is 49.1. The zero-order valence-corrected chi connectivity index (χ0v) is 43.0. The summed E-state index contributed by atoms with van der Waals surface area (Å²) in [5, 5.41) is 21.1. The fourth-order valence-corrected chi connectivity index (χ4v) is 12.7. The number of aromatic hydroxyl groups is 2. The van der Waals surface area contributed by atoms with E-state index in [9.17, 15) is 19.8 Å². The second-order valence-electron chi connectivity index (χ2n) is 23.1. The zero-order valence-electron chi connectivity index (χ0n) is 43.0. The van der Waals surface area contributed by atoms with E-state index >= 15 is 0 Å². The van der Waals surface area contributed by atoms with Gasteiger partial charge >= 0.3 is 12.2 Å². The van der Waals surface area contributed by atoms with Gasteiger partial charge in [-0.25, -0.2) is 9.59 Å². The minimum Gasteiger partial charge on any atom is -0.508 e. The number of likely N-dealkylation sites (tertiary alicyclic amines) is 2. The molecular weight excluding hydrogens is 893 g/mol. The summed E-state index contributed by atoms with van der Waals surface area (Å²) in [5.41, 5.74) is 12.8. The molecule has 8 nitrogen and oxygen atoms in total. The summed E-state index contributed by atoms with van der Waals surface area (Å²) >= 11 is 0. The summed E-state index contributed by atoms with van der Waals surface area (Å²) in [4.78, 5) is 30.4. The Bertz CT molecular complexity index is 2870. The lowest BCUT2D eigenvalue weighted by Crippen LogP contribution is -2.44. The molecule has 2 saturated heterocycles. The van der Waals surface area contributed by atoms with Crippen molar-refractivity contribution in [2.75, 3.05) is 26.2 Å². The Morgan fingerprint density at radius 2 is 0.889 bits per heavy atom. The van der Waals surface area contributed by atoms with Crippen molar-refractivity contribution in [2.45, 2.75) is 139 Å². The predicted octanol–water partition coefficient (Wildman–Crippen LogP) is 14.4. The quantitative estimate of drug-likeness (QED) is 0.165. The number of hydrogen-bond donors (Lipinski definition) is 2. The van der Waals surface area contributed by atoms with Crippen molar-refractivity contribution in [3.05, 3.63) is 201 Å². The molecule has 10 rings (SSSR count). The van der Waals surface area contributed by atoms with Crippen LogP contribution in [0.25, 0.3) is 0 Å². The number of phenols is 2. The number of aryl methyl sites for hydroxylation is 2. The molecule has 4 aliphatic rings. The van der Waals surface area contributed by atoms with Gasteiger partial charge in [-0.3, -0.25) is 0 Å². The fourth-order valence-electron chi connectivity index (χ4n) is 12.7. The molecule has 0 aromatic heterocycles. The minimum absolute atomic E-state index is 0.0276. The van der Waals surface area contributed by atoms with Crippen LogP contribution in [0, 0.1) is 0 Å². The number of piperidine rings is 2. The molecule has 2 amide bonds. The smallest absolute Gasteiger partial charge is 0.410 e. The van der Waals surface area contributed by atoms with Crippen LogP contribution in [-0.4, -0.2) is 69.6 Å². The Balaban J connectivity index is 0.956. The molecule has 6 atom stereocenters. The third kappa shape index (κ3) is 10.7. The van der Waals surface area contributed by atoms with Gasteiger partial charge in [-0.2, -0.15) is 0 Å². The molecule has 8 heteroatoms. The number of rotatable bonds is 7.